The molecule has 1 aromatic heterocycles. The van der Waals surface area contributed by atoms with Crippen LogP contribution in [0.25, 0.3) is 0 Å². The molecular formula is C11H13FN4O2S. The van der Waals surface area contributed by atoms with E-state index in [4.69, 9.17) is 5.14 Å². The monoisotopic (exact) mass is 284 g/mol. The molecule has 0 saturated heterocycles. The van der Waals surface area contributed by atoms with Crippen LogP contribution in [0.4, 0.5) is 4.39 Å². The SMILES string of the molecule is Cn1ccnc1[C@H](NS(N)(=O)=O)c1ccc(F)cc1. The Hall–Kier alpha value is -1.77. The van der Waals surface area contributed by atoms with Crippen molar-refractivity contribution in [2.24, 2.45) is 12.2 Å². The Kier molecular flexibility index (Phi) is 3.65. The molecule has 19 heavy (non-hydrogen) atoms. The highest BCUT2D eigenvalue weighted by molar-refractivity contribution is 7.87. The molecule has 0 aliphatic rings. The molecule has 2 rings (SSSR count). The maximum absolute atomic E-state index is 12.9. The number of aryl methyl sites for hydroxylation is 1. The summed E-state index contributed by atoms with van der Waals surface area (Å²) in [5.74, 6) is 0.0542. The van der Waals surface area contributed by atoms with E-state index in [1.807, 2.05) is 0 Å². The van der Waals surface area contributed by atoms with E-state index >= 15 is 0 Å². The van der Waals surface area contributed by atoms with Gasteiger partial charge in [-0.05, 0) is 17.7 Å². The fourth-order valence-electron chi connectivity index (χ4n) is 1.74. The molecule has 0 aliphatic carbocycles. The average molecular weight is 284 g/mol. The summed E-state index contributed by atoms with van der Waals surface area (Å²) >= 11 is 0. The van der Waals surface area contributed by atoms with Crippen molar-refractivity contribution in [3.8, 4) is 0 Å². The molecule has 6 nitrogen and oxygen atoms in total. The molecule has 0 bridgehead atoms. The van der Waals surface area contributed by atoms with Crippen molar-refractivity contribution in [3.05, 3.63) is 53.9 Å². The smallest absolute Gasteiger partial charge is 0.275 e. The lowest BCUT2D eigenvalue weighted by atomic mass is 10.1. The van der Waals surface area contributed by atoms with Crippen molar-refractivity contribution in [1.29, 1.82) is 0 Å². The minimum atomic E-state index is -3.92. The minimum Gasteiger partial charge on any atom is -0.336 e. The van der Waals surface area contributed by atoms with Crippen LogP contribution in [-0.2, 0) is 17.3 Å². The Labute approximate surface area is 110 Å². The third-order valence-corrected chi connectivity index (χ3v) is 3.17. The third-order valence-electron chi connectivity index (χ3n) is 2.60. The number of benzene rings is 1. The molecule has 0 fully saturated rings. The van der Waals surface area contributed by atoms with Gasteiger partial charge >= 0.3 is 0 Å². The Balaban J connectivity index is 2.46. The second-order valence-electron chi connectivity index (χ2n) is 4.04. The number of nitrogens with zero attached hydrogens (tertiary/aromatic N) is 2. The number of nitrogens with two attached hydrogens (primary N) is 1. The van der Waals surface area contributed by atoms with Gasteiger partial charge in [0, 0.05) is 19.4 Å². The zero-order valence-corrected chi connectivity index (χ0v) is 10.9. The first kappa shape index (κ1) is 13.7. The van der Waals surface area contributed by atoms with Crippen LogP contribution in [0.2, 0.25) is 0 Å². The highest BCUT2D eigenvalue weighted by atomic mass is 32.2. The van der Waals surface area contributed by atoms with Gasteiger partial charge in [-0.3, -0.25) is 0 Å². The highest BCUT2D eigenvalue weighted by Gasteiger charge is 2.22. The summed E-state index contributed by atoms with van der Waals surface area (Å²) in [6.07, 6.45) is 3.22. The normalized spacial score (nSPS) is 13.4. The summed E-state index contributed by atoms with van der Waals surface area (Å²) in [5.41, 5.74) is 0.546. The molecule has 0 amide bonds. The van der Waals surface area contributed by atoms with Crippen LogP contribution >= 0.6 is 0 Å². The Morgan fingerprint density at radius 2 is 2.00 bits per heavy atom. The van der Waals surface area contributed by atoms with Crippen molar-refractivity contribution < 1.29 is 12.8 Å². The molecule has 102 valence electrons. The zero-order chi connectivity index (χ0) is 14.0. The zero-order valence-electron chi connectivity index (χ0n) is 10.1. The summed E-state index contributed by atoms with van der Waals surface area (Å²) in [6.45, 7) is 0. The lowest BCUT2D eigenvalue weighted by molar-refractivity contribution is 0.564. The maximum atomic E-state index is 12.9. The van der Waals surface area contributed by atoms with Gasteiger partial charge in [0.05, 0.1) is 0 Å². The highest BCUT2D eigenvalue weighted by Crippen LogP contribution is 2.21. The van der Waals surface area contributed by atoms with Gasteiger partial charge in [-0.15, -0.1) is 0 Å². The number of imidazole rings is 1. The maximum Gasteiger partial charge on any atom is 0.275 e. The second kappa shape index (κ2) is 5.08. The van der Waals surface area contributed by atoms with Crippen molar-refractivity contribution in [3.63, 3.8) is 0 Å². The Bertz CT molecular complexity index is 666. The van der Waals surface area contributed by atoms with E-state index in [0.717, 1.165) is 0 Å². The third kappa shape index (κ3) is 3.37. The lowest BCUT2D eigenvalue weighted by Gasteiger charge is -2.17. The van der Waals surface area contributed by atoms with E-state index in [2.05, 4.69) is 9.71 Å². The van der Waals surface area contributed by atoms with Crippen LogP contribution in [0.15, 0.2) is 36.7 Å². The number of halogens is 1. The van der Waals surface area contributed by atoms with Gasteiger partial charge < -0.3 is 4.57 Å². The number of hydrogen-bond donors (Lipinski definition) is 2. The van der Waals surface area contributed by atoms with Gasteiger partial charge in [-0.1, -0.05) is 12.1 Å². The second-order valence-corrected chi connectivity index (χ2v) is 5.37. The van der Waals surface area contributed by atoms with Gasteiger partial charge in [-0.2, -0.15) is 13.1 Å². The number of rotatable bonds is 4. The molecule has 1 atom stereocenters. The quantitative estimate of drug-likeness (QED) is 0.853. The first-order valence-electron chi connectivity index (χ1n) is 5.39. The summed E-state index contributed by atoms with van der Waals surface area (Å²) in [5, 5.41) is 5.01. The molecule has 2 aromatic rings. The van der Waals surface area contributed by atoms with Gasteiger partial charge in [0.15, 0.2) is 0 Å². The molecule has 1 heterocycles. The predicted molar refractivity (Wildman–Crippen MR) is 67.7 cm³/mol. The Morgan fingerprint density at radius 3 is 2.47 bits per heavy atom. The molecular weight excluding hydrogens is 271 g/mol. The van der Waals surface area contributed by atoms with Gasteiger partial charge in [-0.25, -0.2) is 14.5 Å². The van der Waals surface area contributed by atoms with E-state index in [-0.39, 0.29) is 0 Å². The molecule has 0 aliphatic heterocycles. The van der Waals surface area contributed by atoms with E-state index in [0.29, 0.717) is 11.4 Å². The first-order chi connectivity index (χ1) is 8.87. The van der Waals surface area contributed by atoms with Crippen LogP contribution in [0.5, 0.6) is 0 Å². The molecule has 0 unspecified atom stereocenters. The number of hydrogen-bond acceptors (Lipinski definition) is 3. The van der Waals surface area contributed by atoms with Crippen molar-refractivity contribution in [2.45, 2.75) is 6.04 Å². The van der Waals surface area contributed by atoms with Crippen molar-refractivity contribution in [1.82, 2.24) is 14.3 Å². The van der Waals surface area contributed by atoms with E-state index < -0.39 is 22.1 Å². The van der Waals surface area contributed by atoms with E-state index in [1.54, 1.807) is 17.8 Å². The number of aromatic nitrogens is 2. The summed E-state index contributed by atoms with van der Waals surface area (Å²) in [7, 11) is -2.20. The van der Waals surface area contributed by atoms with Crippen molar-refractivity contribution in [2.75, 3.05) is 0 Å². The first-order valence-corrected chi connectivity index (χ1v) is 6.94. The van der Waals surface area contributed by atoms with Crippen molar-refractivity contribution >= 4 is 10.2 Å². The predicted octanol–water partition coefficient (Wildman–Crippen LogP) is 0.442. The molecule has 8 heteroatoms. The van der Waals surface area contributed by atoms with E-state index in [9.17, 15) is 12.8 Å². The van der Waals surface area contributed by atoms with Crippen LogP contribution in [0, 0.1) is 5.82 Å². The molecule has 0 spiro atoms. The molecule has 3 N–H and O–H groups in total. The average Bonchev–Trinajstić information content (AvgIpc) is 2.72. The van der Waals surface area contributed by atoms with Gasteiger partial charge in [0.25, 0.3) is 10.2 Å². The Morgan fingerprint density at radius 1 is 1.37 bits per heavy atom. The number of nitrogens with one attached hydrogen (secondary N) is 1. The van der Waals surface area contributed by atoms with Crippen LogP contribution in [0.1, 0.15) is 17.4 Å². The van der Waals surface area contributed by atoms with Crippen LogP contribution in [-0.4, -0.2) is 18.0 Å². The summed E-state index contributed by atoms with van der Waals surface area (Å²) in [6, 6.07) is 4.68. The molecule has 0 radical (unpaired) electrons. The van der Waals surface area contributed by atoms with Gasteiger partial charge in [0.1, 0.15) is 17.7 Å². The lowest BCUT2D eigenvalue weighted by Crippen LogP contribution is -2.36. The largest absolute Gasteiger partial charge is 0.336 e. The fourth-order valence-corrected chi connectivity index (χ4v) is 2.31. The fraction of sp³-hybridized carbons (Fsp3) is 0.182. The van der Waals surface area contributed by atoms with E-state index in [1.165, 1.54) is 30.5 Å². The minimum absolute atomic E-state index is 0.405. The standard InChI is InChI=1S/C11H13FN4O2S/c1-16-7-6-14-11(16)10(15-19(13,17)18)8-2-4-9(12)5-3-8/h2-7,10,15H,1H3,(H2,13,17,18)/t10-/m1/s1. The van der Waals surface area contributed by atoms with Crippen LogP contribution < -0.4 is 9.86 Å². The van der Waals surface area contributed by atoms with Crippen LogP contribution in [0.3, 0.4) is 0 Å². The summed E-state index contributed by atoms with van der Waals surface area (Å²) < 4.78 is 39.4. The summed E-state index contributed by atoms with van der Waals surface area (Å²) in [4.78, 5) is 4.09. The molecule has 0 saturated carbocycles. The topological polar surface area (TPSA) is 90.0 Å². The van der Waals surface area contributed by atoms with Gasteiger partial charge in [0.2, 0.25) is 0 Å². The molecule has 1 aromatic carbocycles.